The Labute approximate surface area is 173 Å². The van der Waals surface area contributed by atoms with Gasteiger partial charge in [0.15, 0.2) is 5.96 Å². The van der Waals surface area contributed by atoms with Crippen LogP contribution in [-0.4, -0.2) is 31.6 Å². The van der Waals surface area contributed by atoms with Gasteiger partial charge >= 0.3 is 0 Å². The molecular formula is C18H23F2IN4S. The van der Waals surface area contributed by atoms with Gasteiger partial charge in [-0.1, -0.05) is 0 Å². The summed E-state index contributed by atoms with van der Waals surface area (Å²) in [6, 6.07) is 5.97. The molecule has 1 saturated heterocycles. The minimum Gasteiger partial charge on any atom is -0.367 e. The predicted octanol–water partition coefficient (Wildman–Crippen LogP) is 3.98. The van der Waals surface area contributed by atoms with Crippen molar-refractivity contribution in [3.8, 4) is 0 Å². The molecule has 0 amide bonds. The molecule has 0 saturated carbocycles. The van der Waals surface area contributed by atoms with Crippen LogP contribution in [-0.2, 0) is 6.54 Å². The van der Waals surface area contributed by atoms with Gasteiger partial charge in [-0.05, 0) is 47.9 Å². The Morgan fingerprint density at radius 2 is 2.19 bits per heavy atom. The van der Waals surface area contributed by atoms with Crippen molar-refractivity contribution >= 4 is 47.0 Å². The van der Waals surface area contributed by atoms with E-state index in [-0.39, 0.29) is 30.0 Å². The Bertz CT molecular complexity index is 724. The molecule has 2 N–H and O–H groups in total. The van der Waals surface area contributed by atoms with Gasteiger partial charge in [-0.15, -0.1) is 24.0 Å². The molecule has 0 radical (unpaired) electrons. The standard InChI is InChI=1S/C18H22F2N4S.HI/c1-2-21-18(22-10-13-6-8-25-12-13)23-15-5-7-24(11-15)17-4-3-14(19)9-16(17)20;/h3-4,6,8-9,12,15H,2,5,7,10-11H2,1H3,(H2,21,22,23);1H. The lowest BCUT2D eigenvalue weighted by atomic mass is 10.2. The zero-order valence-corrected chi connectivity index (χ0v) is 17.7. The SMILES string of the molecule is CCNC(=NCc1ccsc1)NC1CCN(c2ccc(F)cc2F)C1.I. The summed E-state index contributed by atoms with van der Waals surface area (Å²) in [5.41, 5.74) is 1.63. The average Bonchev–Trinajstić information content (AvgIpc) is 3.24. The molecule has 1 fully saturated rings. The number of anilines is 1. The Balaban J connectivity index is 0.00000243. The molecule has 1 aromatic carbocycles. The van der Waals surface area contributed by atoms with Gasteiger partial charge < -0.3 is 15.5 Å². The van der Waals surface area contributed by atoms with Crippen LogP contribution in [0.1, 0.15) is 18.9 Å². The fourth-order valence-corrected chi connectivity index (χ4v) is 3.56. The molecule has 1 aliphatic heterocycles. The average molecular weight is 492 g/mol. The van der Waals surface area contributed by atoms with Crippen molar-refractivity contribution < 1.29 is 8.78 Å². The summed E-state index contributed by atoms with van der Waals surface area (Å²) in [5, 5.41) is 10.8. The number of benzene rings is 1. The van der Waals surface area contributed by atoms with E-state index in [1.165, 1.54) is 17.7 Å². The van der Waals surface area contributed by atoms with E-state index in [1.54, 1.807) is 11.3 Å². The highest BCUT2D eigenvalue weighted by atomic mass is 127. The summed E-state index contributed by atoms with van der Waals surface area (Å²) in [6.07, 6.45) is 0.875. The maximum atomic E-state index is 14.0. The highest BCUT2D eigenvalue weighted by Gasteiger charge is 2.25. The number of nitrogens with one attached hydrogen (secondary N) is 2. The van der Waals surface area contributed by atoms with Crippen LogP contribution >= 0.6 is 35.3 Å². The fraction of sp³-hybridized carbons (Fsp3) is 0.389. The second-order valence-electron chi connectivity index (χ2n) is 6.00. The molecule has 1 aromatic heterocycles. The second-order valence-corrected chi connectivity index (χ2v) is 6.78. The quantitative estimate of drug-likeness (QED) is 0.377. The molecule has 0 bridgehead atoms. The molecule has 1 unspecified atom stereocenters. The number of aliphatic imine (C=N–C) groups is 1. The predicted molar refractivity (Wildman–Crippen MR) is 115 cm³/mol. The number of rotatable bonds is 5. The summed E-state index contributed by atoms with van der Waals surface area (Å²) < 4.78 is 27.0. The molecule has 2 aromatic rings. The molecule has 0 spiro atoms. The highest BCUT2D eigenvalue weighted by molar-refractivity contribution is 14.0. The maximum Gasteiger partial charge on any atom is 0.191 e. The number of guanidine groups is 1. The lowest BCUT2D eigenvalue weighted by Gasteiger charge is -2.21. The second kappa shape index (κ2) is 10.1. The molecule has 0 aliphatic carbocycles. The van der Waals surface area contributed by atoms with Crippen LogP contribution in [0, 0.1) is 11.6 Å². The number of thiophene rings is 1. The number of halogens is 3. The monoisotopic (exact) mass is 492 g/mol. The normalized spacial score (nSPS) is 17.1. The zero-order valence-electron chi connectivity index (χ0n) is 14.5. The van der Waals surface area contributed by atoms with Gasteiger partial charge in [0.1, 0.15) is 11.6 Å². The summed E-state index contributed by atoms with van der Waals surface area (Å²) in [6.45, 7) is 4.81. The van der Waals surface area contributed by atoms with Crippen molar-refractivity contribution in [1.82, 2.24) is 10.6 Å². The van der Waals surface area contributed by atoms with Crippen LogP contribution in [0.4, 0.5) is 14.5 Å². The van der Waals surface area contributed by atoms with Gasteiger partial charge in [0, 0.05) is 31.7 Å². The smallest absolute Gasteiger partial charge is 0.191 e. The van der Waals surface area contributed by atoms with E-state index in [1.807, 2.05) is 17.2 Å². The molecule has 1 atom stereocenters. The van der Waals surface area contributed by atoms with E-state index >= 15 is 0 Å². The first kappa shape index (κ1) is 20.9. The lowest BCUT2D eigenvalue weighted by molar-refractivity contribution is 0.580. The van der Waals surface area contributed by atoms with Gasteiger partial charge in [0.05, 0.1) is 12.2 Å². The van der Waals surface area contributed by atoms with Crippen LogP contribution in [0.25, 0.3) is 0 Å². The summed E-state index contributed by atoms with van der Waals surface area (Å²) in [5.74, 6) is -0.302. The molecular weight excluding hydrogens is 469 g/mol. The first-order valence-corrected chi connectivity index (χ1v) is 9.36. The number of nitrogens with zero attached hydrogens (tertiary/aromatic N) is 2. The van der Waals surface area contributed by atoms with E-state index in [2.05, 4.69) is 27.1 Å². The Kier molecular flexibility index (Phi) is 8.08. The minimum atomic E-state index is -0.551. The van der Waals surface area contributed by atoms with Gasteiger partial charge in [0.25, 0.3) is 0 Å². The Hall–Kier alpha value is -1.42. The zero-order chi connectivity index (χ0) is 17.6. The molecule has 1 aliphatic rings. The molecule has 2 heterocycles. The maximum absolute atomic E-state index is 14.0. The van der Waals surface area contributed by atoms with E-state index < -0.39 is 11.6 Å². The van der Waals surface area contributed by atoms with Crippen molar-refractivity contribution in [3.05, 3.63) is 52.2 Å². The molecule has 26 heavy (non-hydrogen) atoms. The van der Waals surface area contributed by atoms with E-state index in [0.717, 1.165) is 31.5 Å². The van der Waals surface area contributed by atoms with Crippen molar-refractivity contribution in [3.63, 3.8) is 0 Å². The Morgan fingerprint density at radius 3 is 2.88 bits per heavy atom. The van der Waals surface area contributed by atoms with E-state index in [9.17, 15) is 8.78 Å². The minimum absolute atomic E-state index is 0. The molecule has 8 heteroatoms. The summed E-state index contributed by atoms with van der Waals surface area (Å²) in [7, 11) is 0. The van der Waals surface area contributed by atoms with Crippen LogP contribution in [0.2, 0.25) is 0 Å². The Morgan fingerprint density at radius 1 is 1.35 bits per heavy atom. The van der Waals surface area contributed by atoms with Crippen LogP contribution in [0.5, 0.6) is 0 Å². The van der Waals surface area contributed by atoms with Gasteiger partial charge in [-0.2, -0.15) is 11.3 Å². The largest absolute Gasteiger partial charge is 0.367 e. The lowest BCUT2D eigenvalue weighted by Crippen LogP contribution is -2.44. The van der Waals surface area contributed by atoms with Crippen molar-refractivity contribution in [2.24, 2.45) is 4.99 Å². The number of hydrogen-bond acceptors (Lipinski definition) is 3. The number of hydrogen-bond donors (Lipinski definition) is 2. The fourth-order valence-electron chi connectivity index (χ4n) is 2.90. The van der Waals surface area contributed by atoms with Gasteiger partial charge in [-0.3, -0.25) is 0 Å². The van der Waals surface area contributed by atoms with E-state index in [0.29, 0.717) is 18.8 Å². The molecule has 4 nitrogen and oxygen atoms in total. The topological polar surface area (TPSA) is 39.7 Å². The summed E-state index contributed by atoms with van der Waals surface area (Å²) in [4.78, 5) is 6.54. The van der Waals surface area contributed by atoms with Crippen molar-refractivity contribution in [1.29, 1.82) is 0 Å². The van der Waals surface area contributed by atoms with E-state index in [4.69, 9.17) is 0 Å². The highest BCUT2D eigenvalue weighted by Crippen LogP contribution is 2.24. The van der Waals surface area contributed by atoms with Gasteiger partial charge in [0.2, 0.25) is 0 Å². The first-order chi connectivity index (χ1) is 12.2. The third kappa shape index (κ3) is 5.54. The summed E-state index contributed by atoms with van der Waals surface area (Å²) >= 11 is 1.66. The van der Waals surface area contributed by atoms with Crippen LogP contribution < -0.4 is 15.5 Å². The first-order valence-electron chi connectivity index (χ1n) is 8.41. The van der Waals surface area contributed by atoms with Crippen molar-refractivity contribution in [2.45, 2.75) is 25.9 Å². The van der Waals surface area contributed by atoms with Crippen LogP contribution in [0.15, 0.2) is 40.0 Å². The molecule has 3 rings (SSSR count). The molecule has 142 valence electrons. The van der Waals surface area contributed by atoms with Gasteiger partial charge in [-0.25, -0.2) is 13.8 Å². The third-order valence-electron chi connectivity index (χ3n) is 4.12. The van der Waals surface area contributed by atoms with Crippen LogP contribution in [0.3, 0.4) is 0 Å². The third-order valence-corrected chi connectivity index (χ3v) is 4.86. The van der Waals surface area contributed by atoms with Crippen molar-refractivity contribution in [2.75, 3.05) is 24.5 Å².